The molecule has 4 aromatic heterocycles. The van der Waals surface area contributed by atoms with Crippen molar-refractivity contribution in [3.05, 3.63) is 90.3 Å². The SMILES string of the molecule is C=S(=C)(C)NCc1cc(F)cc(-c2cncc3[nH]c(-c4n[nH]c5ccc(-c6cncc(CNCC)c6)cc45)cc23)c1. The normalized spacial score (nSPS) is 12.0. The van der Waals surface area contributed by atoms with Gasteiger partial charge in [0.2, 0.25) is 0 Å². The van der Waals surface area contributed by atoms with Crippen LogP contribution >= 0.6 is 9.39 Å². The van der Waals surface area contributed by atoms with Crippen LogP contribution in [0.25, 0.3) is 55.4 Å². The predicted octanol–water partition coefficient (Wildman–Crippen LogP) is 6.39. The molecule has 0 saturated heterocycles. The number of hydrogen-bond acceptors (Lipinski definition) is 5. The lowest BCUT2D eigenvalue weighted by atomic mass is 10.0. The fourth-order valence-electron chi connectivity index (χ4n) is 4.98. The third-order valence-electron chi connectivity index (χ3n) is 6.96. The maximum Gasteiger partial charge on any atom is 0.124 e. The van der Waals surface area contributed by atoms with Crippen LogP contribution < -0.4 is 10.0 Å². The van der Waals surface area contributed by atoms with Gasteiger partial charge in [-0.1, -0.05) is 24.7 Å². The number of aromatic nitrogens is 5. The molecule has 4 N–H and O–H groups in total. The molecule has 0 fully saturated rings. The third kappa shape index (κ3) is 5.78. The van der Waals surface area contributed by atoms with E-state index < -0.39 is 9.39 Å². The molecule has 0 bridgehead atoms. The molecular formula is C32H32FN7S. The van der Waals surface area contributed by atoms with Gasteiger partial charge in [0.05, 0.1) is 22.9 Å². The molecule has 0 aliphatic rings. The number of H-pyrrole nitrogens is 2. The molecule has 41 heavy (non-hydrogen) atoms. The van der Waals surface area contributed by atoms with Gasteiger partial charge in [-0.05, 0) is 77.5 Å². The number of fused-ring (bicyclic) bond motifs is 2. The van der Waals surface area contributed by atoms with E-state index in [0.29, 0.717) is 6.54 Å². The highest BCUT2D eigenvalue weighted by atomic mass is 32.2. The fraction of sp³-hybridized carbons (Fsp3) is 0.156. The molecule has 2 aromatic carbocycles. The first-order chi connectivity index (χ1) is 19.8. The molecule has 208 valence electrons. The van der Waals surface area contributed by atoms with Crippen molar-refractivity contribution in [1.29, 1.82) is 0 Å². The second-order valence-electron chi connectivity index (χ2n) is 10.5. The van der Waals surface area contributed by atoms with Crippen molar-refractivity contribution >= 4 is 42.9 Å². The Labute approximate surface area is 238 Å². The van der Waals surface area contributed by atoms with Crippen LogP contribution in [0.3, 0.4) is 0 Å². The van der Waals surface area contributed by atoms with Crippen molar-refractivity contribution in [2.75, 3.05) is 12.8 Å². The van der Waals surface area contributed by atoms with Gasteiger partial charge in [0.25, 0.3) is 0 Å². The van der Waals surface area contributed by atoms with Crippen molar-refractivity contribution in [2.45, 2.75) is 20.0 Å². The first-order valence-corrected chi connectivity index (χ1v) is 15.7. The zero-order valence-electron chi connectivity index (χ0n) is 23.1. The first kappa shape index (κ1) is 26.9. The van der Waals surface area contributed by atoms with Gasteiger partial charge in [0.1, 0.15) is 11.5 Å². The fourth-order valence-corrected chi connectivity index (χ4v) is 5.50. The smallest absolute Gasteiger partial charge is 0.124 e. The van der Waals surface area contributed by atoms with Gasteiger partial charge in [-0.25, -0.2) is 4.39 Å². The van der Waals surface area contributed by atoms with Gasteiger partial charge in [0, 0.05) is 53.6 Å². The molecule has 6 aromatic rings. The summed E-state index contributed by atoms with van der Waals surface area (Å²) < 4.78 is 18.0. The van der Waals surface area contributed by atoms with Crippen LogP contribution in [0.2, 0.25) is 0 Å². The number of nitrogens with zero attached hydrogens (tertiary/aromatic N) is 3. The topological polar surface area (TPSA) is 94.3 Å². The van der Waals surface area contributed by atoms with E-state index in [2.05, 4.69) is 78.1 Å². The quantitative estimate of drug-likeness (QED) is 0.153. The Morgan fingerprint density at radius 3 is 2.49 bits per heavy atom. The van der Waals surface area contributed by atoms with Gasteiger partial charge in [-0.15, -0.1) is 0 Å². The minimum Gasteiger partial charge on any atom is -0.352 e. The maximum atomic E-state index is 14.7. The minimum atomic E-state index is -1.42. The summed E-state index contributed by atoms with van der Waals surface area (Å²) in [4.78, 5) is 12.4. The standard InChI is InChI=1S/C32H32FN7S/c1-5-34-14-21-9-24(17-35-15-21)22-6-7-29-27(12-22)32(40-39-29)30-13-26-28(18-36-19-31(26)38-30)23-8-20(10-25(33)11-23)16-37-41(2,3)4/h6-13,15,17-19,34,37-38H,2-3,5,14,16H2,1,4H3,(H,39,40). The highest BCUT2D eigenvalue weighted by molar-refractivity contribution is 8.25. The number of pyridine rings is 2. The molecular weight excluding hydrogens is 533 g/mol. The minimum absolute atomic E-state index is 0.299. The van der Waals surface area contributed by atoms with E-state index in [4.69, 9.17) is 0 Å². The lowest BCUT2D eigenvalue weighted by Crippen LogP contribution is -2.11. The summed E-state index contributed by atoms with van der Waals surface area (Å²) in [5.74, 6) is 7.81. The summed E-state index contributed by atoms with van der Waals surface area (Å²) in [5.41, 5.74) is 9.11. The van der Waals surface area contributed by atoms with Crippen LogP contribution in [0.4, 0.5) is 4.39 Å². The molecule has 9 heteroatoms. The Kier molecular flexibility index (Phi) is 7.17. The lowest BCUT2D eigenvalue weighted by molar-refractivity contribution is 0.625. The van der Waals surface area contributed by atoms with Gasteiger partial charge in [0.15, 0.2) is 0 Å². The number of rotatable bonds is 9. The number of halogens is 1. The predicted molar refractivity (Wildman–Crippen MR) is 172 cm³/mol. The van der Waals surface area contributed by atoms with E-state index in [1.54, 1.807) is 18.5 Å². The van der Waals surface area contributed by atoms with Crippen LogP contribution in [0.15, 0.2) is 73.3 Å². The van der Waals surface area contributed by atoms with Gasteiger partial charge in [-0.2, -0.15) is 14.5 Å². The molecule has 6 rings (SSSR count). The van der Waals surface area contributed by atoms with Gasteiger partial charge < -0.3 is 10.3 Å². The second kappa shape index (κ2) is 10.9. The van der Waals surface area contributed by atoms with Crippen molar-refractivity contribution in [3.8, 4) is 33.6 Å². The largest absolute Gasteiger partial charge is 0.352 e. The second-order valence-corrected chi connectivity index (χ2v) is 13.3. The summed E-state index contributed by atoms with van der Waals surface area (Å²) in [6.07, 6.45) is 9.29. The average Bonchev–Trinajstić information content (AvgIpc) is 3.58. The summed E-state index contributed by atoms with van der Waals surface area (Å²) in [6, 6.07) is 15.5. The number of nitrogens with one attached hydrogen (secondary N) is 4. The van der Waals surface area contributed by atoms with Gasteiger partial charge >= 0.3 is 0 Å². The average molecular weight is 566 g/mol. The zero-order chi connectivity index (χ0) is 28.6. The summed E-state index contributed by atoms with van der Waals surface area (Å²) >= 11 is 0. The number of hydrogen-bond donors (Lipinski definition) is 4. The Balaban J connectivity index is 1.39. The van der Waals surface area contributed by atoms with E-state index in [-0.39, 0.29) is 5.82 Å². The molecule has 0 aliphatic carbocycles. The highest BCUT2D eigenvalue weighted by Gasteiger charge is 2.16. The molecule has 7 nitrogen and oxygen atoms in total. The molecule has 0 aliphatic heterocycles. The summed E-state index contributed by atoms with van der Waals surface area (Å²) in [7, 11) is -1.42. The highest BCUT2D eigenvalue weighted by Crippen LogP contribution is 2.35. The number of benzene rings is 2. The van der Waals surface area contributed by atoms with Crippen molar-refractivity contribution in [1.82, 2.24) is 35.2 Å². The molecule has 0 atom stereocenters. The van der Waals surface area contributed by atoms with Crippen LogP contribution in [0, 0.1) is 5.82 Å². The van der Waals surface area contributed by atoms with E-state index >= 15 is 0 Å². The third-order valence-corrected chi connectivity index (χ3v) is 7.81. The molecule has 0 radical (unpaired) electrons. The monoisotopic (exact) mass is 565 g/mol. The summed E-state index contributed by atoms with van der Waals surface area (Å²) in [6.45, 7) is 4.26. The molecule has 0 saturated carbocycles. The Morgan fingerprint density at radius 1 is 0.829 bits per heavy atom. The first-order valence-electron chi connectivity index (χ1n) is 13.4. The Morgan fingerprint density at radius 2 is 1.66 bits per heavy atom. The van der Waals surface area contributed by atoms with E-state index in [1.807, 2.05) is 30.8 Å². The van der Waals surface area contributed by atoms with Crippen molar-refractivity contribution in [2.24, 2.45) is 0 Å². The van der Waals surface area contributed by atoms with Crippen LogP contribution in [0.1, 0.15) is 18.1 Å². The van der Waals surface area contributed by atoms with E-state index in [9.17, 15) is 4.39 Å². The maximum absolute atomic E-state index is 14.7. The molecule has 0 unspecified atom stereocenters. The zero-order valence-corrected chi connectivity index (χ0v) is 23.9. The van der Waals surface area contributed by atoms with E-state index in [1.165, 1.54) is 6.07 Å². The van der Waals surface area contributed by atoms with Crippen molar-refractivity contribution in [3.63, 3.8) is 0 Å². The van der Waals surface area contributed by atoms with Crippen LogP contribution in [-0.4, -0.2) is 49.7 Å². The molecule has 0 amide bonds. The Bertz CT molecular complexity index is 1990. The number of aromatic amines is 2. The van der Waals surface area contributed by atoms with Crippen LogP contribution in [0.5, 0.6) is 0 Å². The Hall–Kier alpha value is -4.31. The molecule has 4 heterocycles. The molecule has 0 spiro atoms. The van der Waals surface area contributed by atoms with Crippen LogP contribution in [-0.2, 0) is 13.1 Å². The summed E-state index contributed by atoms with van der Waals surface area (Å²) in [5, 5.41) is 13.1. The van der Waals surface area contributed by atoms with Crippen molar-refractivity contribution < 1.29 is 4.39 Å². The van der Waals surface area contributed by atoms with E-state index in [0.717, 1.165) is 79.7 Å². The van der Waals surface area contributed by atoms with Gasteiger partial charge in [-0.3, -0.25) is 19.8 Å². The lowest BCUT2D eigenvalue weighted by Gasteiger charge is -2.12.